The monoisotopic (exact) mass is 317 g/mol. The average Bonchev–Trinajstić information content (AvgIpc) is 2.32. The van der Waals surface area contributed by atoms with Crippen LogP contribution in [0.3, 0.4) is 0 Å². The molecule has 0 rings (SSSR count). The van der Waals surface area contributed by atoms with Crippen molar-refractivity contribution in [3.8, 4) is 0 Å². The lowest BCUT2D eigenvalue weighted by Gasteiger charge is -2.24. The first-order valence-electron chi connectivity index (χ1n) is 7.26. The molecule has 0 aromatic carbocycles. The molecular formula is C15H27NO4S. The highest BCUT2D eigenvalue weighted by atomic mass is 32.2. The summed E-state index contributed by atoms with van der Waals surface area (Å²) in [5, 5.41) is 2.59. The Balaban J connectivity index is 4.24. The molecule has 1 N–H and O–H groups in total. The van der Waals surface area contributed by atoms with Crippen molar-refractivity contribution >= 4 is 28.8 Å². The lowest BCUT2D eigenvalue weighted by Crippen LogP contribution is -2.39. The summed E-state index contributed by atoms with van der Waals surface area (Å²) in [5.41, 5.74) is 0. The molecule has 0 bridgehead atoms. The van der Waals surface area contributed by atoms with Crippen LogP contribution in [0.2, 0.25) is 0 Å². The molecule has 0 fully saturated rings. The van der Waals surface area contributed by atoms with Crippen molar-refractivity contribution < 1.29 is 19.1 Å². The van der Waals surface area contributed by atoms with E-state index in [9.17, 15) is 14.4 Å². The lowest BCUT2D eigenvalue weighted by molar-refractivity contribution is -0.148. The zero-order valence-corrected chi connectivity index (χ0v) is 14.6. The van der Waals surface area contributed by atoms with Crippen LogP contribution in [0.4, 0.5) is 0 Å². The molecule has 0 aliphatic rings. The number of hydrogen-bond donors (Lipinski definition) is 1. The second-order valence-corrected chi connectivity index (χ2v) is 7.74. The largest absolute Gasteiger partial charge is 0.463 e. The summed E-state index contributed by atoms with van der Waals surface area (Å²) < 4.78 is 4.48. The molecule has 0 radical (unpaired) electrons. The van der Waals surface area contributed by atoms with Gasteiger partial charge in [-0.05, 0) is 34.1 Å². The van der Waals surface area contributed by atoms with Crippen LogP contribution in [0.15, 0.2) is 0 Å². The summed E-state index contributed by atoms with van der Waals surface area (Å²) in [6.45, 7) is 11.4. The van der Waals surface area contributed by atoms with Gasteiger partial charge in [0.2, 0.25) is 11.0 Å². The summed E-state index contributed by atoms with van der Waals surface area (Å²) in [4.78, 5) is 35.0. The third-order valence-corrected chi connectivity index (χ3v) is 3.86. The maximum Gasteiger partial charge on any atom is 0.314 e. The topological polar surface area (TPSA) is 72.5 Å². The van der Waals surface area contributed by atoms with Gasteiger partial charge in [-0.25, -0.2) is 0 Å². The van der Waals surface area contributed by atoms with E-state index in [0.29, 0.717) is 6.54 Å². The second kappa shape index (κ2) is 9.07. The quantitative estimate of drug-likeness (QED) is 0.550. The third-order valence-electron chi connectivity index (χ3n) is 2.79. The smallest absolute Gasteiger partial charge is 0.314 e. The van der Waals surface area contributed by atoms with E-state index >= 15 is 0 Å². The molecular weight excluding hydrogens is 290 g/mol. The number of rotatable bonds is 8. The van der Waals surface area contributed by atoms with Gasteiger partial charge in [0.05, 0.1) is 6.10 Å². The van der Waals surface area contributed by atoms with Crippen molar-refractivity contribution in [1.82, 2.24) is 5.32 Å². The second-order valence-electron chi connectivity index (χ2n) is 5.98. The van der Waals surface area contributed by atoms with Crippen LogP contribution < -0.4 is 5.32 Å². The highest BCUT2D eigenvalue weighted by Crippen LogP contribution is 2.25. The first kappa shape index (κ1) is 20.0. The van der Waals surface area contributed by atoms with Gasteiger partial charge in [-0.1, -0.05) is 25.6 Å². The molecule has 1 unspecified atom stereocenters. The van der Waals surface area contributed by atoms with Crippen molar-refractivity contribution in [3.63, 3.8) is 0 Å². The third kappa shape index (κ3) is 9.50. The fourth-order valence-corrected chi connectivity index (χ4v) is 2.41. The van der Waals surface area contributed by atoms with Crippen LogP contribution in [0.1, 0.15) is 54.4 Å². The lowest BCUT2D eigenvalue weighted by atomic mass is 10.1. The van der Waals surface area contributed by atoms with Gasteiger partial charge in [0.25, 0.3) is 0 Å². The number of hydrogen-bond acceptors (Lipinski definition) is 5. The summed E-state index contributed by atoms with van der Waals surface area (Å²) in [5.74, 6) is -0.567. The van der Waals surface area contributed by atoms with Crippen LogP contribution in [0, 0.1) is 5.92 Å². The molecule has 0 aromatic heterocycles. The van der Waals surface area contributed by atoms with Crippen LogP contribution in [-0.4, -0.2) is 34.4 Å². The molecule has 21 heavy (non-hydrogen) atoms. The van der Waals surface area contributed by atoms with Crippen LogP contribution in [0.5, 0.6) is 0 Å². The number of carbonyl (C=O) groups excluding carboxylic acids is 3. The van der Waals surface area contributed by atoms with Crippen molar-refractivity contribution in [2.75, 3.05) is 6.54 Å². The van der Waals surface area contributed by atoms with Gasteiger partial charge in [-0.2, -0.15) is 0 Å². The van der Waals surface area contributed by atoms with E-state index in [1.807, 2.05) is 27.7 Å². The van der Waals surface area contributed by atoms with Gasteiger partial charge in [0, 0.05) is 17.2 Å². The molecule has 5 nitrogen and oxygen atoms in total. The summed E-state index contributed by atoms with van der Waals surface area (Å²) in [7, 11) is 0. The maximum atomic E-state index is 11.8. The fraction of sp³-hybridized carbons (Fsp3) is 0.800. The van der Waals surface area contributed by atoms with E-state index in [1.165, 1.54) is 0 Å². The molecule has 1 amide bonds. The molecule has 0 spiro atoms. The van der Waals surface area contributed by atoms with E-state index in [0.717, 1.165) is 18.2 Å². The average molecular weight is 317 g/mol. The van der Waals surface area contributed by atoms with E-state index in [2.05, 4.69) is 5.32 Å². The molecule has 0 heterocycles. The van der Waals surface area contributed by atoms with Gasteiger partial charge in [-0.15, -0.1) is 0 Å². The predicted molar refractivity (Wildman–Crippen MR) is 85.0 cm³/mol. The van der Waals surface area contributed by atoms with Gasteiger partial charge < -0.3 is 10.1 Å². The molecule has 6 heteroatoms. The van der Waals surface area contributed by atoms with Crippen molar-refractivity contribution in [2.24, 2.45) is 5.92 Å². The van der Waals surface area contributed by atoms with E-state index in [4.69, 9.17) is 4.74 Å². The zero-order chi connectivity index (χ0) is 16.6. The number of nitrogens with one attached hydrogen (secondary N) is 1. The Morgan fingerprint density at radius 2 is 1.76 bits per heavy atom. The Hall–Kier alpha value is -1.04. The molecule has 0 saturated heterocycles. The Bertz CT molecular complexity index is 380. The van der Waals surface area contributed by atoms with Gasteiger partial charge >= 0.3 is 5.97 Å². The minimum atomic E-state index is -0.512. The maximum absolute atomic E-state index is 11.8. The van der Waals surface area contributed by atoms with Gasteiger partial charge in [0.15, 0.2) is 0 Å². The summed E-state index contributed by atoms with van der Waals surface area (Å²) >= 11 is 1.06. The van der Waals surface area contributed by atoms with Crippen molar-refractivity contribution in [1.29, 1.82) is 0 Å². The van der Waals surface area contributed by atoms with Crippen LogP contribution >= 0.6 is 11.8 Å². The highest BCUT2D eigenvalue weighted by molar-refractivity contribution is 8.14. The first-order chi connectivity index (χ1) is 9.57. The molecule has 0 aliphatic carbocycles. The Morgan fingerprint density at radius 1 is 1.19 bits per heavy atom. The van der Waals surface area contributed by atoms with Gasteiger partial charge in [0.1, 0.15) is 6.42 Å². The molecule has 1 atom stereocenters. The van der Waals surface area contributed by atoms with E-state index in [1.54, 1.807) is 13.8 Å². The minimum Gasteiger partial charge on any atom is -0.463 e. The zero-order valence-electron chi connectivity index (χ0n) is 13.8. The molecule has 122 valence electrons. The van der Waals surface area contributed by atoms with Crippen molar-refractivity contribution in [2.45, 2.75) is 65.2 Å². The summed E-state index contributed by atoms with van der Waals surface area (Å²) in [6, 6.07) is 0. The first-order valence-corrected chi connectivity index (χ1v) is 8.08. The number of thioether (sulfide) groups is 1. The summed E-state index contributed by atoms with van der Waals surface area (Å²) in [6.07, 6.45) is 0.309. The molecule has 0 aromatic rings. The standard InChI is InChI=1S/C15H27NO4S/c1-7-11(4)14(19)16-9-15(5,6)21-13(18)8-12(17)20-10(2)3/h10-11H,7-9H2,1-6H3,(H,16,19). The van der Waals surface area contributed by atoms with E-state index < -0.39 is 10.7 Å². The molecule has 0 aliphatic heterocycles. The number of amides is 1. The predicted octanol–water partition coefficient (Wildman–Crippen LogP) is 2.53. The van der Waals surface area contributed by atoms with Crippen molar-refractivity contribution in [3.05, 3.63) is 0 Å². The fourth-order valence-electron chi connectivity index (χ4n) is 1.46. The van der Waals surface area contributed by atoms with Crippen LogP contribution in [0.25, 0.3) is 0 Å². The highest BCUT2D eigenvalue weighted by Gasteiger charge is 2.26. The number of esters is 1. The Labute approximate surface area is 131 Å². The number of carbonyl (C=O) groups is 3. The van der Waals surface area contributed by atoms with Crippen LogP contribution in [-0.2, 0) is 19.1 Å². The normalized spacial score (nSPS) is 12.9. The number of ether oxygens (including phenoxy) is 1. The van der Waals surface area contributed by atoms with E-state index in [-0.39, 0.29) is 29.5 Å². The molecule has 0 saturated carbocycles. The minimum absolute atomic E-state index is 0.0159. The Morgan fingerprint density at radius 3 is 2.24 bits per heavy atom. The SMILES string of the molecule is CCC(C)C(=O)NCC(C)(C)SC(=O)CC(=O)OC(C)C. The van der Waals surface area contributed by atoms with Gasteiger partial charge in [-0.3, -0.25) is 14.4 Å². The Kier molecular flexibility index (Phi) is 8.63.